The summed E-state index contributed by atoms with van der Waals surface area (Å²) in [5.74, 6) is -0.110. The van der Waals surface area contributed by atoms with Crippen LogP contribution in [-0.4, -0.2) is 46.4 Å². The van der Waals surface area contributed by atoms with E-state index in [4.69, 9.17) is 0 Å². The number of amides is 1. The number of hydrogen-bond donors (Lipinski definition) is 0. The molecule has 0 spiro atoms. The zero-order valence-corrected chi connectivity index (χ0v) is 16.7. The molecular weight excluding hydrogens is 399 g/mol. The molecule has 0 aromatic carbocycles. The van der Waals surface area contributed by atoms with Gasteiger partial charge in [0.25, 0.3) is 5.91 Å². The Morgan fingerprint density at radius 2 is 1.97 bits per heavy atom. The van der Waals surface area contributed by atoms with Crippen LogP contribution in [0.1, 0.15) is 40.2 Å². The number of ketones is 1. The second-order valence-electron chi connectivity index (χ2n) is 7.48. The number of Topliss-reactive ketones (excluding diaryl/α,β-unsaturated/α-hetero) is 1. The van der Waals surface area contributed by atoms with E-state index in [0.29, 0.717) is 22.5 Å². The number of halogens is 3. The van der Waals surface area contributed by atoms with Crippen molar-refractivity contribution in [1.29, 1.82) is 0 Å². The van der Waals surface area contributed by atoms with Crippen LogP contribution in [0.25, 0.3) is 0 Å². The molecule has 1 amide bonds. The third-order valence-corrected chi connectivity index (χ3v) is 4.59. The topological polar surface area (TPSA) is 72.4 Å². The molecule has 0 atom stereocenters. The maximum atomic E-state index is 12.8. The molecular formula is C21H22F3N3O3. The molecule has 0 unspecified atom stereocenters. The Morgan fingerprint density at radius 1 is 1.23 bits per heavy atom. The number of alkyl halides is 3. The molecule has 0 radical (unpaired) electrons. The van der Waals surface area contributed by atoms with Crippen LogP contribution in [0.2, 0.25) is 0 Å². The van der Waals surface area contributed by atoms with Crippen molar-refractivity contribution in [3.05, 3.63) is 53.0 Å². The zero-order chi connectivity index (χ0) is 21.9. The highest BCUT2D eigenvalue weighted by Gasteiger charge is 2.30. The van der Waals surface area contributed by atoms with Crippen molar-refractivity contribution in [2.45, 2.75) is 38.9 Å². The van der Waals surface area contributed by atoms with Crippen molar-refractivity contribution in [2.75, 3.05) is 13.7 Å². The van der Waals surface area contributed by atoms with Gasteiger partial charge in [-0.3, -0.25) is 14.6 Å². The molecule has 0 saturated heterocycles. The van der Waals surface area contributed by atoms with E-state index in [0.717, 1.165) is 12.8 Å². The largest absolute Gasteiger partial charge is 0.468 e. The number of carbonyl (C=O) groups excluding carboxylic acids is 2. The minimum Gasteiger partial charge on any atom is -0.468 e. The monoisotopic (exact) mass is 421 g/mol. The second kappa shape index (κ2) is 8.81. The molecule has 9 heteroatoms. The summed E-state index contributed by atoms with van der Waals surface area (Å²) >= 11 is 0. The maximum Gasteiger partial charge on any atom is 0.422 e. The van der Waals surface area contributed by atoms with E-state index in [9.17, 15) is 22.8 Å². The third kappa shape index (κ3) is 6.27. The Labute approximate surface area is 172 Å². The highest BCUT2D eigenvalue weighted by atomic mass is 19.4. The molecule has 1 fully saturated rings. The molecule has 160 valence electrons. The maximum absolute atomic E-state index is 12.8. The Bertz CT molecular complexity index is 925. The molecule has 3 rings (SSSR count). The van der Waals surface area contributed by atoms with Gasteiger partial charge in [0.05, 0.1) is 0 Å². The van der Waals surface area contributed by atoms with Gasteiger partial charge in [-0.05, 0) is 37.5 Å². The van der Waals surface area contributed by atoms with Gasteiger partial charge in [0.2, 0.25) is 5.88 Å². The summed E-state index contributed by atoms with van der Waals surface area (Å²) in [7, 11) is 1.61. The summed E-state index contributed by atoms with van der Waals surface area (Å²) < 4.78 is 41.2. The van der Waals surface area contributed by atoms with Crippen LogP contribution >= 0.6 is 0 Å². The lowest BCUT2D eigenvalue weighted by molar-refractivity contribution is -0.154. The average Bonchev–Trinajstić information content (AvgIpc) is 3.51. The third-order valence-electron chi connectivity index (χ3n) is 4.59. The summed E-state index contributed by atoms with van der Waals surface area (Å²) in [4.78, 5) is 34.5. The first kappa shape index (κ1) is 21.7. The van der Waals surface area contributed by atoms with Crippen LogP contribution in [-0.2, 0) is 17.8 Å². The van der Waals surface area contributed by atoms with E-state index >= 15 is 0 Å². The number of hydrogen-bond acceptors (Lipinski definition) is 5. The van der Waals surface area contributed by atoms with Crippen molar-refractivity contribution in [2.24, 2.45) is 5.92 Å². The molecule has 2 aromatic heterocycles. The SMILES string of the molecule is Cc1cc(C(=O)N(C)Cc2ccc(OCC(F)(F)F)nc2)cc(CC(=O)C2CC2)n1. The molecule has 0 bridgehead atoms. The second-order valence-corrected chi connectivity index (χ2v) is 7.48. The highest BCUT2D eigenvalue weighted by molar-refractivity contribution is 5.94. The number of pyridine rings is 2. The highest BCUT2D eigenvalue weighted by Crippen LogP contribution is 2.30. The molecule has 6 nitrogen and oxygen atoms in total. The molecule has 0 N–H and O–H groups in total. The van der Waals surface area contributed by atoms with Crippen LogP contribution < -0.4 is 4.74 Å². The fourth-order valence-electron chi connectivity index (χ4n) is 2.99. The van der Waals surface area contributed by atoms with Crippen molar-refractivity contribution in [3.8, 4) is 5.88 Å². The predicted molar refractivity (Wildman–Crippen MR) is 102 cm³/mol. The molecule has 30 heavy (non-hydrogen) atoms. The van der Waals surface area contributed by atoms with Gasteiger partial charge in [0.15, 0.2) is 6.61 Å². The first-order valence-corrected chi connectivity index (χ1v) is 9.51. The fraction of sp³-hybridized carbons (Fsp3) is 0.429. The number of nitrogens with zero attached hydrogens (tertiary/aromatic N) is 3. The quantitative estimate of drug-likeness (QED) is 0.652. The summed E-state index contributed by atoms with van der Waals surface area (Å²) in [5.41, 5.74) is 2.30. The smallest absolute Gasteiger partial charge is 0.422 e. The lowest BCUT2D eigenvalue weighted by Crippen LogP contribution is -2.26. The van der Waals surface area contributed by atoms with Gasteiger partial charge in [-0.2, -0.15) is 13.2 Å². The van der Waals surface area contributed by atoms with E-state index in [1.807, 2.05) is 0 Å². The van der Waals surface area contributed by atoms with Crippen LogP contribution in [0.5, 0.6) is 5.88 Å². The van der Waals surface area contributed by atoms with E-state index in [2.05, 4.69) is 14.7 Å². The minimum atomic E-state index is -4.43. The van der Waals surface area contributed by atoms with Gasteiger partial charge < -0.3 is 9.64 Å². The van der Waals surface area contributed by atoms with E-state index in [-0.39, 0.29) is 36.5 Å². The average molecular weight is 421 g/mol. The number of rotatable bonds is 8. The summed E-state index contributed by atoms with van der Waals surface area (Å²) in [6, 6.07) is 6.19. The first-order chi connectivity index (χ1) is 14.1. The van der Waals surface area contributed by atoms with Crippen molar-refractivity contribution < 1.29 is 27.5 Å². The summed E-state index contributed by atoms with van der Waals surface area (Å²) in [5, 5.41) is 0. The summed E-state index contributed by atoms with van der Waals surface area (Å²) in [6.45, 7) is 0.569. The Morgan fingerprint density at radius 3 is 2.57 bits per heavy atom. The molecule has 2 aromatic rings. The Hall–Kier alpha value is -2.97. The number of ether oxygens (including phenoxy) is 1. The molecule has 2 heterocycles. The molecule has 1 saturated carbocycles. The number of carbonyl (C=O) groups is 2. The lowest BCUT2D eigenvalue weighted by Gasteiger charge is -2.18. The first-order valence-electron chi connectivity index (χ1n) is 9.51. The van der Waals surface area contributed by atoms with E-state index in [1.54, 1.807) is 32.2 Å². The Balaban J connectivity index is 1.62. The minimum absolute atomic E-state index is 0.129. The molecule has 1 aliphatic carbocycles. The number of aromatic nitrogens is 2. The molecule has 1 aliphatic rings. The van der Waals surface area contributed by atoms with E-state index < -0.39 is 12.8 Å². The standard InChI is InChI=1S/C21H22F3N3O3/c1-13-7-16(8-17(26-13)9-18(28)15-4-5-15)20(29)27(2)11-14-3-6-19(25-10-14)30-12-21(22,23)24/h3,6-8,10,15H,4-5,9,11-12H2,1-2H3. The van der Waals surface area contributed by atoms with Crippen molar-refractivity contribution in [1.82, 2.24) is 14.9 Å². The van der Waals surface area contributed by atoms with Gasteiger partial charge in [0.1, 0.15) is 5.78 Å². The van der Waals surface area contributed by atoms with Crippen molar-refractivity contribution in [3.63, 3.8) is 0 Å². The predicted octanol–water partition coefficient (Wildman–Crippen LogP) is 3.52. The van der Waals surface area contributed by atoms with Crippen LogP contribution in [0, 0.1) is 12.8 Å². The van der Waals surface area contributed by atoms with Crippen LogP contribution in [0.15, 0.2) is 30.5 Å². The fourth-order valence-corrected chi connectivity index (χ4v) is 2.99. The zero-order valence-electron chi connectivity index (χ0n) is 16.7. The van der Waals surface area contributed by atoms with Gasteiger partial charge in [0, 0.05) is 55.1 Å². The summed E-state index contributed by atoms with van der Waals surface area (Å²) in [6.07, 6.45) is -0.995. The number of aryl methyl sites for hydroxylation is 1. The van der Waals surface area contributed by atoms with Gasteiger partial charge in [-0.1, -0.05) is 6.07 Å². The lowest BCUT2D eigenvalue weighted by atomic mass is 10.1. The van der Waals surface area contributed by atoms with Gasteiger partial charge in [-0.15, -0.1) is 0 Å². The van der Waals surface area contributed by atoms with Gasteiger partial charge in [-0.25, -0.2) is 4.98 Å². The van der Waals surface area contributed by atoms with Crippen LogP contribution in [0.3, 0.4) is 0 Å². The molecule has 0 aliphatic heterocycles. The van der Waals surface area contributed by atoms with Gasteiger partial charge >= 0.3 is 6.18 Å². The normalized spacial score (nSPS) is 13.8. The van der Waals surface area contributed by atoms with Crippen LogP contribution in [0.4, 0.5) is 13.2 Å². The van der Waals surface area contributed by atoms with E-state index in [1.165, 1.54) is 17.2 Å². The Kier molecular flexibility index (Phi) is 6.38. The van der Waals surface area contributed by atoms with Crippen molar-refractivity contribution >= 4 is 11.7 Å².